The minimum atomic E-state index is -3.90. The molecule has 11 heteroatoms. The maximum atomic E-state index is 13.2. The largest absolute Gasteiger partial charge is 0.396 e. The maximum absolute atomic E-state index is 13.2. The lowest BCUT2D eigenvalue weighted by Gasteiger charge is -2.42. The van der Waals surface area contributed by atoms with Gasteiger partial charge in [0.25, 0.3) is 10.0 Å². The van der Waals surface area contributed by atoms with Crippen LogP contribution in [0.1, 0.15) is 38.5 Å². The summed E-state index contributed by atoms with van der Waals surface area (Å²) in [6, 6.07) is 5.98. The average Bonchev–Trinajstić information content (AvgIpc) is 3.02. The molecule has 2 bridgehead atoms. The summed E-state index contributed by atoms with van der Waals surface area (Å²) in [5.74, 6) is 0.101. The van der Waals surface area contributed by atoms with Crippen LogP contribution in [0.2, 0.25) is 5.02 Å². The Bertz CT molecular complexity index is 1230. The number of thiophene rings is 1. The van der Waals surface area contributed by atoms with Crippen LogP contribution in [-0.2, 0) is 19.6 Å². The van der Waals surface area contributed by atoms with E-state index in [1.54, 1.807) is 24.3 Å². The lowest BCUT2D eigenvalue weighted by Crippen LogP contribution is -2.56. The number of sulfonamides is 1. The quantitative estimate of drug-likeness (QED) is 0.587. The third kappa shape index (κ3) is 5.09. The average molecular weight is 540 g/mol. The zero-order chi connectivity index (χ0) is 24.7. The molecule has 190 valence electrons. The third-order valence-electron chi connectivity index (χ3n) is 7.66. The minimum absolute atomic E-state index is 0.0363. The molecule has 4 aliphatic rings. The topological polar surface area (TPSA) is 107 Å². The third-order valence-corrected chi connectivity index (χ3v) is 11.0. The first kappa shape index (κ1) is 25.0. The Labute approximate surface area is 214 Å². The predicted octanol–water partition coefficient (Wildman–Crippen LogP) is 2.83. The van der Waals surface area contributed by atoms with Gasteiger partial charge in [0.15, 0.2) is 0 Å². The van der Waals surface area contributed by atoms with E-state index >= 15 is 0 Å². The van der Waals surface area contributed by atoms with Crippen molar-refractivity contribution >= 4 is 54.9 Å². The molecule has 1 aliphatic carbocycles. The normalized spacial score (nSPS) is 27.4. The van der Waals surface area contributed by atoms with Crippen LogP contribution in [0.15, 0.2) is 28.5 Å². The van der Waals surface area contributed by atoms with E-state index in [2.05, 4.69) is 4.72 Å². The number of fused-ring (bicyclic) bond motifs is 5. The van der Waals surface area contributed by atoms with E-state index in [0.717, 1.165) is 47.1 Å². The highest BCUT2D eigenvalue weighted by Crippen LogP contribution is 2.37. The molecular formula is C24H30ClN3O5S2. The van der Waals surface area contributed by atoms with Crippen molar-refractivity contribution in [2.75, 3.05) is 26.2 Å². The van der Waals surface area contributed by atoms with Crippen molar-refractivity contribution in [2.45, 2.75) is 54.8 Å². The first-order valence-electron chi connectivity index (χ1n) is 12.2. The van der Waals surface area contributed by atoms with Gasteiger partial charge in [0, 0.05) is 35.5 Å². The number of amides is 2. The zero-order valence-corrected chi connectivity index (χ0v) is 21.7. The molecule has 3 unspecified atom stereocenters. The first-order valence-corrected chi connectivity index (χ1v) is 14.8. The summed E-state index contributed by atoms with van der Waals surface area (Å²) in [7, 11) is -3.90. The molecule has 3 saturated heterocycles. The molecule has 4 heterocycles. The summed E-state index contributed by atoms with van der Waals surface area (Å²) in [5.41, 5.74) is 0. The van der Waals surface area contributed by atoms with Crippen LogP contribution in [0.5, 0.6) is 0 Å². The first-order chi connectivity index (χ1) is 16.7. The zero-order valence-electron chi connectivity index (χ0n) is 19.4. The fraction of sp³-hybridized carbons (Fsp3) is 0.583. The molecule has 2 aromatic rings. The Morgan fingerprint density at radius 3 is 2.83 bits per heavy atom. The standard InChI is InChI=1S/C24H30ClN3O5S2/c25-18-6-7-21-16(9-18)11-23(34-21)35(32,33)26-20-5-2-8-27(24(20)31)13-22(30)28-12-15-3-1-4-19(28)10-17(15)14-29/h6-7,9,11,15,17,19-20,26,29H,1-5,8,10,12-14H2/t15?,17?,19?,20-/m0/s1. The van der Waals surface area contributed by atoms with Crippen LogP contribution in [0, 0.1) is 11.8 Å². The Kier molecular flexibility index (Phi) is 7.11. The summed E-state index contributed by atoms with van der Waals surface area (Å²) in [6.45, 7) is 1.18. The molecule has 6 rings (SSSR count). The van der Waals surface area contributed by atoms with E-state index < -0.39 is 16.1 Å². The number of piperidine rings is 2. The summed E-state index contributed by atoms with van der Waals surface area (Å²) in [4.78, 5) is 29.8. The van der Waals surface area contributed by atoms with Crippen molar-refractivity contribution < 1.29 is 23.1 Å². The van der Waals surface area contributed by atoms with Gasteiger partial charge in [-0.05, 0) is 73.6 Å². The van der Waals surface area contributed by atoms with E-state index in [-0.39, 0.29) is 41.1 Å². The Morgan fingerprint density at radius 1 is 1.20 bits per heavy atom. The molecule has 4 atom stereocenters. The van der Waals surface area contributed by atoms with Crippen molar-refractivity contribution in [1.82, 2.24) is 14.5 Å². The molecule has 8 nitrogen and oxygen atoms in total. The monoisotopic (exact) mass is 539 g/mol. The number of hydrogen-bond acceptors (Lipinski definition) is 6. The Morgan fingerprint density at radius 2 is 2.03 bits per heavy atom. The van der Waals surface area contributed by atoms with Gasteiger partial charge >= 0.3 is 0 Å². The molecule has 0 radical (unpaired) electrons. The highest BCUT2D eigenvalue weighted by atomic mass is 35.5. The fourth-order valence-electron chi connectivity index (χ4n) is 5.79. The van der Waals surface area contributed by atoms with E-state index in [4.69, 9.17) is 11.6 Å². The number of nitrogens with zero attached hydrogens (tertiary/aromatic N) is 2. The molecule has 4 fully saturated rings. The molecule has 0 spiro atoms. The van der Waals surface area contributed by atoms with Gasteiger partial charge < -0.3 is 14.9 Å². The van der Waals surface area contributed by atoms with Crippen LogP contribution in [0.3, 0.4) is 0 Å². The van der Waals surface area contributed by atoms with Crippen LogP contribution >= 0.6 is 22.9 Å². The van der Waals surface area contributed by atoms with Gasteiger partial charge in [-0.2, -0.15) is 4.72 Å². The Hall–Kier alpha value is -1.72. The summed E-state index contributed by atoms with van der Waals surface area (Å²) in [5, 5.41) is 11.0. The van der Waals surface area contributed by atoms with E-state index in [0.29, 0.717) is 36.9 Å². The minimum Gasteiger partial charge on any atom is -0.396 e. The van der Waals surface area contributed by atoms with Gasteiger partial charge in [0.2, 0.25) is 11.8 Å². The molecule has 1 aromatic carbocycles. The number of benzene rings is 1. The van der Waals surface area contributed by atoms with E-state index in [1.807, 2.05) is 4.90 Å². The van der Waals surface area contributed by atoms with Crippen molar-refractivity contribution in [3.05, 3.63) is 29.3 Å². The highest BCUT2D eigenvalue weighted by Gasteiger charge is 2.41. The molecule has 1 aromatic heterocycles. The molecule has 1 saturated carbocycles. The van der Waals surface area contributed by atoms with E-state index in [1.165, 1.54) is 4.90 Å². The summed E-state index contributed by atoms with van der Waals surface area (Å²) in [6.07, 6.45) is 4.81. The fourth-order valence-corrected chi connectivity index (χ4v) is 8.59. The summed E-state index contributed by atoms with van der Waals surface area (Å²) < 4.78 is 29.6. The second-order valence-electron chi connectivity index (χ2n) is 9.89. The van der Waals surface area contributed by atoms with Gasteiger partial charge in [-0.25, -0.2) is 8.42 Å². The number of aliphatic hydroxyl groups excluding tert-OH is 1. The van der Waals surface area contributed by atoms with Crippen LogP contribution < -0.4 is 4.72 Å². The van der Waals surface area contributed by atoms with Gasteiger partial charge in [0.1, 0.15) is 10.3 Å². The maximum Gasteiger partial charge on any atom is 0.250 e. The van der Waals surface area contributed by atoms with E-state index in [9.17, 15) is 23.1 Å². The molecule has 2 amide bonds. The lowest BCUT2D eigenvalue weighted by molar-refractivity contribution is -0.146. The second kappa shape index (κ2) is 9.97. The lowest BCUT2D eigenvalue weighted by atomic mass is 9.83. The number of nitrogens with one attached hydrogen (secondary N) is 1. The number of hydrogen-bond donors (Lipinski definition) is 2. The summed E-state index contributed by atoms with van der Waals surface area (Å²) >= 11 is 7.15. The van der Waals surface area contributed by atoms with Crippen LogP contribution in [-0.4, -0.2) is 73.5 Å². The van der Waals surface area contributed by atoms with Crippen molar-refractivity contribution in [1.29, 1.82) is 0 Å². The highest BCUT2D eigenvalue weighted by molar-refractivity contribution is 7.91. The number of halogens is 1. The Balaban J connectivity index is 1.25. The van der Waals surface area contributed by atoms with Crippen molar-refractivity contribution in [3.63, 3.8) is 0 Å². The molecular weight excluding hydrogens is 510 g/mol. The number of rotatable bonds is 6. The smallest absolute Gasteiger partial charge is 0.250 e. The van der Waals surface area contributed by atoms with Crippen LogP contribution in [0.4, 0.5) is 0 Å². The SMILES string of the molecule is O=C1[C@@H](NS(=O)(=O)c2cc3cc(Cl)ccc3s2)CCCN1CC(=O)N1CC2CCCC1CC2CO. The number of carbonyl (C=O) groups is 2. The molecule has 2 N–H and O–H groups in total. The number of carbonyl (C=O) groups excluding carboxylic acids is 2. The second-order valence-corrected chi connectivity index (χ2v) is 13.4. The van der Waals surface area contributed by atoms with Gasteiger partial charge in [-0.1, -0.05) is 18.0 Å². The van der Waals surface area contributed by atoms with Gasteiger partial charge in [-0.15, -0.1) is 11.3 Å². The predicted molar refractivity (Wildman–Crippen MR) is 135 cm³/mol. The van der Waals surface area contributed by atoms with Crippen molar-refractivity contribution in [2.24, 2.45) is 11.8 Å². The van der Waals surface area contributed by atoms with Gasteiger partial charge in [0.05, 0.1) is 6.54 Å². The number of likely N-dealkylation sites (tertiary alicyclic amines) is 1. The van der Waals surface area contributed by atoms with Crippen molar-refractivity contribution in [3.8, 4) is 0 Å². The number of aliphatic hydroxyl groups is 1. The molecule has 3 aliphatic heterocycles. The van der Waals surface area contributed by atoms with Gasteiger partial charge in [-0.3, -0.25) is 9.59 Å². The van der Waals surface area contributed by atoms with Crippen LogP contribution in [0.25, 0.3) is 10.1 Å². The molecule has 35 heavy (non-hydrogen) atoms.